The van der Waals surface area contributed by atoms with Crippen molar-refractivity contribution in [1.82, 2.24) is 20.1 Å². The first-order valence-corrected chi connectivity index (χ1v) is 8.33. The molecule has 4 nitrogen and oxygen atoms in total. The van der Waals surface area contributed by atoms with Gasteiger partial charge < -0.3 is 5.32 Å². The van der Waals surface area contributed by atoms with E-state index < -0.39 is 0 Å². The largest absolute Gasteiger partial charge is 0.308 e. The first-order chi connectivity index (χ1) is 9.78. The second kappa shape index (κ2) is 7.55. The standard InChI is InChI=1S/C15H24N4S/c1-4-7-17-14(9-13-10-16-11-20-13)15-8-12(5-2)18-19(15)6-3/h8,10-11,14,17H,4-7,9H2,1-3H3. The van der Waals surface area contributed by atoms with Crippen molar-refractivity contribution in [3.05, 3.63) is 34.0 Å². The number of nitrogens with one attached hydrogen (secondary N) is 1. The number of rotatable bonds is 8. The maximum absolute atomic E-state index is 4.67. The summed E-state index contributed by atoms with van der Waals surface area (Å²) in [5.41, 5.74) is 4.38. The van der Waals surface area contributed by atoms with Crippen molar-refractivity contribution in [2.45, 2.75) is 52.6 Å². The number of thiazole rings is 1. The molecule has 0 radical (unpaired) electrons. The second-order valence-corrected chi connectivity index (χ2v) is 5.88. The van der Waals surface area contributed by atoms with Crippen LogP contribution < -0.4 is 5.32 Å². The van der Waals surface area contributed by atoms with E-state index in [0.717, 1.165) is 32.4 Å². The van der Waals surface area contributed by atoms with E-state index in [0.29, 0.717) is 6.04 Å². The molecule has 0 fully saturated rings. The Morgan fingerprint density at radius 3 is 2.80 bits per heavy atom. The lowest BCUT2D eigenvalue weighted by Gasteiger charge is -2.18. The van der Waals surface area contributed by atoms with Crippen molar-refractivity contribution in [3.63, 3.8) is 0 Å². The van der Waals surface area contributed by atoms with E-state index in [9.17, 15) is 0 Å². The Kier molecular flexibility index (Phi) is 5.73. The molecule has 2 aromatic rings. The van der Waals surface area contributed by atoms with E-state index in [1.54, 1.807) is 11.3 Å². The van der Waals surface area contributed by atoms with Gasteiger partial charge >= 0.3 is 0 Å². The molecule has 20 heavy (non-hydrogen) atoms. The lowest BCUT2D eigenvalue weighted by atomic mass is 10.1. The second-order valence-electron chi connectivity index (χ2n) is 4.91. The van der Waals surface area contributed by atoms with Crippen molar-refractivity contribution in [2.75, 3.05) is 6.54 Å². The molecule has 0 saturated carbocycles. The molecule has 0 saturated heterocycles. The Hall–Kier alpha value is -1.20. The number of hydrogen-bond donors (Lipinski definition) is 1. The van der Waals surface area contributed by atoms with Gasteiger partial charge in [-0.3, -0.25) is 9.67 Å². The highest BCUT2D eigenvalue weighted by Crippen LogP contribution is 2.22. The van der Waals surface area contributed by atoms with Crippen LogP contribution in [0.5, 0.6) is 0 Å². The van der Waals surface area contributed by atoms with Gasteiger partial charge in [0.2, 0.25) is 0 Å². The molecule has 0 amide bonds. The molecule has 0 aliphatic heterocycles. The Balaban J connectivity index is 2.22. The van der Waals surface area contributed by atoms with Crippen LogP contribution in [0.4, 0.5) is 0 Å². The van der Waals surface area contributed by atoms with E-state index in [1.807, 2.05) is 11.7 Å². The summed E-state index contributed by atoms with van der Waals surface area (Å²) in [6.07, 6.45) is 5.08. The minimum absolute atomic E-state index is 0.322. The van der Waals surface area contributed by atoms with Gasteiger partial charge in [0.15, 0.2) is 0 Å². The van der Waals surface area contributed by atoms with Gasteiger partial charge in [0.25, 0.3) is 0 Å². The fourth-order valence-electron chi connectivity index (χ4n) is 2.34. The predicted octanol–water partition coefficient (Wildman–Crippen LogP) is 3.21. The van der Waals surface area contributed by atoms with Crippen LogP contribution in [0.15, 0.2) is 17.8 Å². The van der Waals surface area contributed by atoms with Crippen LogP contribution in [0.1, 0.15) is 49.5 Å². The lowest BCUT2D eigenvalue weighted by Crippen LogP contribution is -2.26. The van der Waals surface area contributed by atoms with E-state index in [-0.39, 0.29) is 0 Å². The zero-order chi connectivity index (χ0) is 14.4. The Bertz CT molecular complexity index is 504. The summed E-state index contributed by atoms with van der Waals surface area (Å²) < 4.78 is 2.13. The highest BCUT2D eigenvalue weighted by molar-refractivity contribution is 7.09. The predicted molar refractivity (Wildman–Crippen MR) is 84.1 cm³/mol. The third kappa shape index (κ3) is 3.67. The zero-order valence-electron chi connectivity index (χ0n) is 12.6. The van der Waals surface area contributed by atoms with E-state index in [4.69, 9.17) is 0 Å². The Morgan fingerprint density at radius 2 is 2.20 bits per heavy atom. The normalized spacial score (nSPS) is 12.8. The topological polar surface area (TPSA) is 42.7 Å². The molecule has 5 heteroatoms. The summed E-state index contributed by atoms with van der Waals surface area (Å²) in [7, 11) is 0. The van der Waals surface area contributed by atoms with Crippen LogP contribution in [0.3, 0.4) is 0 Å². The minimum Gasteiger partial charge on any atom is -0.308 e. The molecule has 0 aliphatic carbocycles. The van der Waals surface area contributed by atoms with Crippen LogP contribution in [-0.2, 0) is 19.4 Å². The average Bonchev–Trinajstić information content (AvgIpc) is 3.12. The molecule has 110 valence electrons. The average molecular weight is 292 g/mol. The minimum atomic E-state index is 0.322. The summed E-state index contributed by atoms with van der Waals surface area (Å²) >= 11 is 1.72. The smallest absolute Gasteiger partial charge is 0.0794 e. The summed E-state index contributed by atoms with van der Waals surface area (Å²) in [5.74, 6) is 0. The van der Waals surface area contributed by atoms with Crippen LogP contribution in [0.25, 0.3) is 0 Å². The van der Waals surface area contributed by atoms with Crippen LogP contribution in [-0.4, -0.2) is 21.3 Å². The summed E-state index contributed by atoms with van der Waals surface area (Å²) in [6.45, 7) is 8.46. The summed E-state index contributed by atoms with van der Waals surface area (Å²) in [6, 6.07) is 2.57. The molecule has 0 aliphatic rings. The van der Waals surface area contributed by atoms with E-state index in [2.05, 4.69) is 46.9 Å². The van der Waals surface area contributed by atoms with Gasteiger partial charge in [0.1, 0.15) is 0 Å². The van der Waals surface area contributed by atoms with Crippen molar-refractivity contribution < 1.29 is 0 Å². The summed E-state index contributed by atoms with van der Waals surface area (Å²) in [4.78, 5) is 5.50. The van der Waals surface area contributed by atoms with Crippen LogP contribution in [0, 0.1) is 0 Å². The quantitative estimate of drug-likeness (QED) is 0.812. The van der Waals surface area contributed by atoms with Crippen LogP contribution >= 0.6 is 11.3 Å². The fraction of sp³-hybridized carbons (Fsp3) is 0.600. The molecule has 1 unspecified atom stereocenters. The van der Waals surface area contributed by atoms with Crippen molar-refractivity contribution in [2.24, 2.45) is 0 Å². The highest BCUT2D eigenvalue weighted by Gasteiger charge is 2.18. The highest BCUT2D eigenvalue weighted by atomic mass is 32.1. The first-order valence-electron chi connectivity index (χ1n) is 7.45. The molecule has 2 rings (SSSR count). The molecular weight excluding hydrogens is 268 g/mol. The molecule has 2 aromatic heterocycles. The van der Waals surface area contributed by atoms with Gasteiger partial charge in [-0.25, -0.2) is 0 Å². The SMILES string of the molecule is CCCNC(Cc1cncs1)c1cc(CC)nn1CC. The van der Waals surface area contributed by atoms with Crippen molar-refractivity contribution in [1.29, 1.82) is 0 Å². The van der Waals surface area contributed by atoms with Gasteiger partial charge in [-0.2, -0.15) is 5.10 Å². The van der Waals surface area contributed by atoms with Gasteiger partial charge in [-0.15, -0.1) is 11.3 Å². The number of nitrogens with zero attached hydrogens (tertiary/aromatic N) is 3. The molecule has 1 atom stereocenters. The Morgan fingerprint density at radius 1 is 1.35 bits per heavy atom. The number of hydrogen-bond acceptors (Lipinski definition) is 4. The molecule has 0 spiro atoms. The monoisotopic (exact) mass is 292 g/mol. The maximum atomic E-state index is 4.67. The summed E-state index contributed by atoms with van der Waals surface area (Å²) in [5, 5.41) is 8.32. The third-order valence-corrected chi connectivity index (χ3v) is 4.21. The fourth-order valence-corrected chi connectivity index (χ4v) is 2.98. The van der Waals surface area contributed by atoms with Crippen molar-refractivity contribution in [3.8, 4) is 0 Å². The van der Waals surface area contributed by atoms with E-state index in [1.165, 1.54) is 16.3 Å². The molecule has 1 N–H and O–H groups in total. The van der Waals surface area contributed by atoms with E-state index >= 15 is 0 Å². The zero-order valence-corrected chi connectivity index (χ0v) is 13.4. The number of aryl methyl sites for hydroxylation is 2. The lowest BCUT2D eigenvalue weighted by molar-refractivity contribution is 0.480. The van der Waals surface area contributed by atoms with Gasteiger partial charge in [0.05, 0.1) is 22.9 Å². The Labute approximate surface area is 125 Å². The molecule has 2 heterocycles. The molecular formula is C15H24N4S. The molecule has 0 aromatic carbocycles. The number of aromatic nitrogens is 3. The maximum Gasteiger partial charge on any atom is 0.0794 e. The van der Waals surface area contributed by atoms with Crippen LogP contribution in [0.2, 0.25) is 0 Å². The first kappa shape index (κ1) is 15.2. The van der Waals surface area contributed by atoms with Gasteiger partial charge in [0, 0.05) is 24.0 Å². The molecule has 0 bridgehead atoms. The third-order valence-electron chi connectivity index (χ3n) is 3.41. The van der Waals surface area contributed by atoms with Gasteiger partial charge in [-0.1, -0.05) is 13.8 Å². The van der Waals surface area contributed by atoms with Crippen molar-refractivity contribution >= 4 is 11.3 Å². The van der Waals surface area contributed by atoms with Gasteiger partial charge in [-0.05, 0) is 32.4 Å².